The van der Waals surface area contributed by atoms with E-state index >= 15 is 0 Å². The average molecular weight is 295 g/mol. The maximum absolute atomic E-state index is 11.3. The van der Waals surface area contributed by atoms with Gasteiger partial charge in [-0.1, -0.05) is 17.7 Å². The monoisotopic (exact) mass is 294 g/mol. The zero-order chi connectivity index (χ0) is 13.4. The predicted octanol–water partition coefficient (Wildman–Crippen LogP) is 3.02. The molecule has 1 aliphatic rings. The minimum absolute atomic E-state index is 0.00117. The van der Waals surface area contributed by atoms with Crippen molar-refractivity contribution in [2.45, 2.75) is 35.9 Å². The number of hydrogen-bond donors (Lipinski definition) is 0. The highest BCUT2D eigenvalue weighted by Crippen LogP contribution is 2.39. The lowest BCUT2D eigenvalue weighted by Gasteiger charge is -2.05. The molecule has 7 heteroatoms. The first kappa shape index (κ1) is 12.6. The molecule has 0 saturated heterocycles. The summed E-state index contributed by atoms with van der Waals surface area (Å²) in [4.78, 5) is 12.1. The van der Waals surface area contributed by atoms with E-state index in [0.29, 0.717) is 16.6 Å². The molecule has 0 unspecified atom stereocenters. The van der Waals surface area contributed by atoms with Gasteiger partial charge in [-0.25, -0.2) is 4.68 Å². The maximum Gasteiger partial charge on any atom is 0.214 e. The number of carbonyl (C=O) groups is 1. The molecular weight excluding hydrogens is 284 g/mol. The number of hydrogen-bond acceptors (Lipinski definition) is 5. The Morgan fingerprint density at radius 1 is 1.47 bits per heavy atom. The van der Waals surface area contributed by atoms with Gasteiger partial charge in [-0.05, 0) is 54.1 Å². The third-order valence-corrected chi connectivity index (χ3v) is 4.35. The van der Waals surface area contributed by atoms with Gasteiger partial charge in [0.25, 0.3) is 0 Å². The average Bonchev–Trinajstić information content (AvgIpc) is 3.12. The topological polar surface area (TPSA) is 60.7 Å². The molecule has 5 nitrogen and oxygen atoms in total. The number of rotatable bonds is 4. The number of nitrogens with zero attached hydrogens (tertiary/aromatic N) is 4. The predicted molar refractivity (Wildman–Crippen MR) is 71.7 cm³/mol. The number of ketones is 1. The second-order valence-electron chi connectivity index (χ2n) is 4.44. The van der Waals surface area contributed by atoms with Crippen LogP contribution < -0.4 is 0 Å². The molecule has 1 aromatic carbocycles. The molecule has 1 aromatic heterocycles. The van der Waals surface area contributed by atoms with Crippen LogP contribution in [0.2, 0.25) is 5.02 Å². The van der Waals surface area contributed by atoms with E-state index in [1.807, 2.05) is 10.7 Å². The highest BCUT2D eigenvalue weighted by Gasteiger charge is 2.28. The smallest absolute Gasteiger partial charge is 0.214 e. The molecule has 0 amide bonds. The van der Waals surface area contributed by atoms with Crippen molar-refractivity contribution >= 4 is 29.1 Å². The summed E-state index contributed by atoms with van der Waals surface area (Å²) in [5.41, 5.74) is 0.608. The standard InChI is InChI=1S/C12H11ClN4OS/c1-7(18)8-2-5-11(10(13)6-8)19-12-14-15-16-17(12)9-3-4-9/h2,5-6,9H,3-4H2,1H3. The first-order valence-electron chi connectivity index (χ1n) is 5.91. The summed E-state index contributed by atoms with van der Waals surface area (Å²) in [6.45, 7) is 1.52. The van der Waals surface area contributed by atoms with Crippen LogP contribution in [-0.2, 0) is 0 Å². The van der Waals surface area contributed by atoms with Crippen LogP contribution in [-0.4, -0.2) is 26.0 Å². The Balaban J connectivity index is 1.86. The number of Topliss-reactive ketones (excluding diaryl/α,β-unsaturated/α-hetero) is 1. The zero-order valence-electron chi connectivity index (χ0n) is 10.2. The SMILES string of the molecule is CC(=O)c1ccc(Sc2nnnn2C2CC2)c(Cl)c1. The molecule has 98 valence electrons. The number of halogens is 1. The van der Waals surface area contributed by atoms with Crippen molar-refractivity contribution in [2.24, 2.45) is 0 Å². The van der Waals surface area contributed by atoms with Crippen molar-refractivity contribution in [3.05, 3.63) is 28.8 Å². The quantitative estimate of drug-likeness (QED) is 0.811. The molecule has 1 fully saturated rings. The van der Waals surface area contributed by atoms with E-state index in [1.54, 1.807) is 12.1 Å². The van der Waals surface area contributed by atoms with Gasteiger partial charge in [0, 0.05) is 10.5 Å². The highest BCUT2D eigenvalue weighted by atomic mass is 35.5. The second-order valence-corrected chi connectivity index (χ2v) is 5.86. The van der Waals surface area contributed by atoms with Gasteiger partial charge in [-0.15, -0.1) is 5.10 Å². The minimum Gasteiger partial charge on any atom is -0.295 e. The molecule has 0 aliphatic heterocycles. The summed E-state index contributed by atoms with van der Waals surface area (Å²) < 4.78 is 1.83. The summed E-state index contributed by atoms with van der Waals surface area (Å²) in [6, 6.07) is 5.70. The van der Waals surface area contributed by atoms with Crippen molar-refractivity contribution in [1.29, 1.82) is 0 Å². The second kappa shape index (κ2) is 4.94. The molecule has 2 aromatic rings. The minimum atomic E-state index is 0.00117. The first-order chi connectivity index (χ1) is 9.15. The van der Waals surface area contributed by atoms with E-state index < -0.39 is 0 Å². The Kier molecular flexibility index (Phi) is 3.28. The van der Waals surface area contributed by atoms with Gasteiger partial charge in [0.1, 0.15) is 0 Å². The Labute approximate surface area is 119 Å². The largest absolute Gasteiger partial charge is 0.295 e. The lowest BCUT2D eigenvalue weighted by Crippen LogP contribution is -1.98. The molecule has 1 aliphatic carbocycles. The van der Waals surface area contributed by atoms with Crippen molar-refractivity contribution in [3.63, 3.8) is 0 Å². The maximum atomic E-state index is 11.3. The number of tetrazole rings is 1. The summed E-state index contributed by atoms with van der Waals surface area (Å²) >= 11 is 7.61. The molecule has 0 bridgehead atoms. The van der Waals surface area contributed by atoms with Crippen LogP contribution >= 0.6 is 23.4 Å². The molecule has 0 N–H and O–H groups in total. The fraction of sp³-hybridized carbons (Fsp3) is 0.333. The fourth-order valence-corrected chi connectivity index (χ4v) is 2.84. The van der Waals surface area contributed by atoms with Crippen LogP contribution in [0.25, 0.3) is 0 Å². The normalized spacial score (nSPS) is 14.6. The van der Waals surface area contributed by atoms with E-state index in [4.69, 9.17) is 11.6 Å². The first-order valence-corrected chi connectivity index (χ1v) is 7.11. The molecule has 0 spiro atoms. The Morgan fingerprint density at radius 2 is 2.26 bits per heavy atom. The lowest BCUT2D eigenvalue weighted by molar-refractivity contribution is 0.101. The van der Waals surface area contributed by atoms with Crippen LogP contribution in [0.1, 0.15) is 36.2 Å². The Hall–Kier alpha value is -1.40. The lowest BCUT2D eigenvalue weighted by atomic mass is 10.1. The van der Waals surface area contributed by atoms with Gasteiger partial charge >= 0.3 is 0 Å². The van der Waals surface area contributed by atoms with Crippen molar-refractivity contribution in [2.75, 3.05) is 0 Å². The van der Waals surface area contributed by atoms with Crippen LogP contribution in [0.5, 0.6) is 0 Å². The van der Waals surface area contributed by atoms with Crippen molar-refractivity contribution in [3.8, 4) is 0 Å². The van der Waals surface area contributed by atoms with Crippen LogP contribution in [0.4, 0.5) is 0 Å². The fourth-order valence-electron chi connectivity index (χ4n) is 1.70. The van der Waals surface area contributed by atoms with Crippen molar-refractivity contribution < 1.29 is 4.79 Å². The van der Waals surface area contributed by atoms with Gasteiger partial charge in [0.05, 0.1) is 11.1 Å². The third-order valence-electron chi connectivity index (χ3n) is 2.90. The Bertz CT molecular complexity index is 638. The molecule has 19 heavy (non-hydrogen) atoms. The summed E-state index contributed by atoms with van der Waals surface area (Å²) in [5, 5.41) is 13.0. The molecule has 0 atom stereocenters. The van der Waals surface area contributed by atoms with Gasteiger partial charge in [0.2, 0.25) is 5.16 Å². The summed E-state index contributed by atoms with van der Waals surface area (Å²) in [6.07, 6.45) is 2.24. The molecule has 1 heterocycles. The number of carbonyl (C=O) groups excluding carboxylic acids is 1. The van der Waals surface area contributed by atoms with E-state index in [9.17, 15) is 4.79 Å². The highest BCUT2D eigenvalue weighted by molar-refractivity contribution is 7.99. The molecular formula is C12H11ClN4OS. The van der Waals surface area contributed by atoms with E-state index in [0.717, 1.165) is 22.9 Å². The van der Waals surface area contributed by atoms with E-state index in [2.05, 4.69) is 15.5 Å². The van der Waals surface area contributed by atoms with Crippen molar-refractivity contribution in [1.82, 2.24) is 20.2 Å². The molecule has 0 radical (unpaired) electrons. The van der Waals surface area contributed by atoms with Crippen LogP contribution in [0, 0.1) is 0 Å². The third kappa shape index (κ3) is 2.64. The van der Waals surface area contributed by atoms with Gasteiger partial charge in [-0.3, -0.25) is 4.79 Å². The Morgan fingerprint density at radius 3 is 2.89 bits per heavy atom. The van der Waals surface area contributed by atoms with Gasteiger partial charge < -0.3 is 0 Å². The van der Waals surface area contributed by atoms with Crippen LogP contribution in [0.3, 0.4) is 0 Å². The zero-order valence-corrected chi connectivity index (χ0v) is 11.8. The van der Waals surface area contributed by atoms with Crippen LogP contribution in [0.15, 0.2) is 28.3 Å². The molecule has 3 rings (SSSR count). The van der Waals surface area contributed by atoms with Gasteiger partial charge in [-0.2, -0.15) is 0 Å². The summed E-state index contributed by atoms with van der Waals surface area (Å²) in [5.74, 6) is 0.00117. The van der Waals surface area contributed by atoms with E-state index in [1.165, 1.54) is 18.7 Å². The van der Waals surface area contributed by atoms with Gasteiger partial charge in [0.15, 0.2) is 5.78 Å². The van der Waals surface area contributed by atoms with E-state index in [-0.39, 0.29) is 5.78 Å². The number of benzene rings is 1. The summed E-state index contributed by atoms with van der Waals surface area (Å²) in [7, 11) is 0. The molecule has 1 saturated carbocycles. The number of aromatic nitrogens is 4.